The fraction of sp³-hybridized carbons (Fsp3) is 0.111. The lowest BCUT2D eigenvalue weighted by Gasteiger charge is -2.05. The number of rotatable bonds is 2. The lowest BCUT2D eigenvalue weighted by atomic mass is 10.2. The van der Waals surface area contributed by atoms with Crippen LogP contribution in [-0.4, -0.2) is 0 Å². The zero-order valence-electron chi connectivity index (χ0n) is 7.04. The lowest BCUT2D eigenvalue weighted by Crippen LogP contribution is -2.07. The third-order valence-corrected chi connectivity index (χ3v) is 6.12. The van der Waals surface area contributed by atoms with Crippen molar-refractivity contribution in [1.82, 2.24) is 0 Å². The fourth-order valence-electron chi connectivity index (χ4n) is 1.13. The minimum atomic E-state index is 0.00241. The smallest absolute Gasteiger partial charge is 0.0843 e. The molecule has 0 aliphatic heterocycles. The van der Waals surface area contributed by atoms with E-state index in [-0.39, 0.29) is 6.04 Å². The maximum Gasteiger partial charge on any atom is 0.0843 e. The van der Waals surface area contributed by atoms with Gasteiger partial charge in [-0.05, 0) is 49.4 Å². The Labute approximate surface area is 107 Å². The maximum absolute atomic E-state index is 6.12. The van der Waals surface area contributed by atoms with Crippen molar-refractivity contribution in [3.05, 3.63) is 41.6 Å². The molecule has 2 rings (SSSR count). The summed E-state index contributed by atoms with van der Waals surface area (Å²) in [5.41, 5.74) is 6.12. The number of hydrogen-bond donors (Lipinski definition) is 1. The highest BCUT2D eigenvalue weighted by Crippen LogP contribution is 2.37. The molecule has 0 unspecified atom stereocenters. The van der Waals surface area contributed by atoms with Crippen LogP contribution in [-0.2, 0) is 0 Å². The van der Waals surface area contributed by atoms with Crippen LogP contribution in [0.2, 0.25) is 0 Å². The normalized spacial score (nSPS) is 13.1. The Bertz CT molecular complexity index is 402. The van der Waals surface area contributed by atoms with Crippen LogP contribution in [0.15, 0.2) is 31.8 Å². The van der Waals surface area contributed by atoms with E-state index in [1.807, 2.05) is 11.4 Å². The Kier molecular flexibility index (Phi) is 3.44. The van der Waals surface area contributed by atoms with Gasteiger partial charge in [0.25, 0.3) is 0 Å². The molecule has 0 saturated carbocycles. The van der Waals surface area contributed by atoms with Crippen LogP contribution < -0.4 is 5.73 Å². The van der Waals surface area contributed by atoms with E-state index in [2.05, 4.69) is 44.0 Å². The maximum atomic E-state index is 6.12. The molecule has 74 valence electrons. The van der Waals surface area contributed by atoms with Crippen LogP contribution in [0.1, 0.15) is 15.8 Å². The van der Waals surface area contributed by atoms with Crippen LogP contribution in [0.3, 0.4) is 0 Å². The zero-order chi connectivity index (χ0) is 10.1. The minimum Gasteiger partial charge on any atom is -0.319 e. The Morgan fingerprint density at radius 1 is 1.29 bits per heavy atom. The number of nitrogens with two attached hydrogens (primary N) is 1. The predicted molar refractivity (Wildman–Crippen MR) is 70.1 cm³/mol. The molecule has 2 aromatic heterocycles. The molecule has 0 aromatic carbocycles. The van der Waals surface area contributed by atoms with Crippen LogP contribution in [0.5, 0.6) is 0 Å². The second kappa shape index (κ2) is 4.45. The molecule has 2 aromatic rings. The molecule has 0 aliphatic rings. The summed E-state index contributed by atoms with van der Waals surface area (Å²) in [6, 6.07) is 6.16. The molecule has 0 saturated heterocycles. The molecule has 0 spiro atoms. The van der Waals surface area contributed by atoms with Crippen LogP contribution in [0.4, 0.5) is 0 Å². The van der Waals surface area contributed by atoms with Gasteiger partial charge in [0.1, 0.15) is 0 Å². The summed E-state index contributed by atoms with van der Waals surface area (Å²) in [5.74, 6) is 0. The zero-order valence-corrected chi connectivity index (χ0v) is 11.8. The fourth-order valence-corrected chi connectivity index (χ4v) is 4.05. The van der Waals surface area contributed by atoms with Crippen LogP contribution in [0, 0.1) is 0 Å². The van der Waals surface area contributed by atoms with Crippen molar-refractivity contribution in [2.75, 3.05) is 0 Å². The molecule has 1 atom stereocenters. The Balaban J connectivity index is 2.32. The van der Waals surface area contributed by atoms with Gasteiger partial charge in [0.2, 0.25) is 0 Å². The molecule has 2 heterocycles. The summed E-state index contributed by atoms with van der Waals surface area (Å²) >= 11 is 10.3. The first-order valence-electron chi connectivity index (χ1n) is 3.92. The largest absolute Gasteiger partial charge is 0.319 e. The van der Waals surface area contributed by atoms with Crippen molar-refractivity contribution in [2.45, 2.75) is 6.04 Å². The molecular formula is C9H7Br2NS2. The summed E-state index contributed by atoms with van der Waals surface area (Å²) in [7, 11) is 0. The molecule has 0 radical (unpaired) electrons. The van der Waals surface area contributed by atoms with E-state index >= 15 is 0 Å². The van der Waals surface area contributed by atoms with Crippen molar-refractivity contribution in [3.8, 4) is 0 Å². The summed E-state index contributed by atoms with van der Waals surface area (Å²) in [6.45, 7) is 0. The van der Waals surface area contributed by atoms with Crippen molar-refractivity contribution < 1.29 is 0 Å². The van der Waals surface area contributed by atoms with Crippen LogP contribution >= 0.6 is 54.5 Å². The molecule has 5 heteroatoms. The van der Waals surface area contributed by atoms with Gasteiger partial charge >= 0.3 is 0 Å². The highest BCUT2D eigenvalue weighted by Gasteiger charge is 2.14. The minimum absolute atomic E-state index is 0.00241. The lowest BCUT2D eigenvalue weighted by molar-refractivity contribution is 0.917. The van der Waals surface area contributed by atoms with E-state index in [9.17, 15) is 0 Å². The van der Waals surface area contributed by atoms with Gasteiger partial charge in [-0.25, -0.2) is 0 Å². The monoisotopic (exact) mass is 351 g/mol. The summed E-state index contributed by atoms with van der Waals surface area (Å²) < 4.78 is 2.17. The number of halogens is 2. The first-order chi connectivity index (χ1) is 6.68. The van der Waals surface area contributed by atoms with Crippen molar-refractivity contribution >= 4 is 54.5 Å². The highest BCUT2D eigenvalue weighted by molar-refractivity contribution is 9.13. The van der Waals surface area contributed by atoms with Gasteiger partial charge in [-0.15, -0.1) is 22.7 Å². The summed E-state index contributed by atoms with van der Waals surface area (Å²) in [5, 5.41) is 2.05. The second-order valence-electron chi connectivity index (χ2n) is 2.76. The van der Waals surface area contributed by atoms with E-state index < -0.39 is 0 Å². The molecule has 1 nitrogen and oxygen atoms in total. The van der Waals surface area contributed by atoms with Crippen molar-refractivity contribution in [3.63, 3.8) is 0 Å². The molecule has 2 N–H and O–H groups in total. The van der Waals surface area contributed by atoms with Gasteiger partial charge in [0, 0.05) is 14.2 Å². The Morgan fingerprint density at radius 3 is 2.57 bits per heavy atom. The number of hydrogen-bond acceptors (Lipinski definition) is 3. The Morgan fingerprint density at radius 2 is 2.07 bits per heavy atom. The van der Waals surface area contributed by atoms with Gasteiger partial charge in [-0.3, -0.25) is 0 Å². The summed E-state index contributed by atoms with van der Waals surface area (Å²) in [4.78, 5) is 2.37. The van der Waals surface area contributed by atoms with Gasteiger partial charge in [-0.2, -0.15) is 0 Å². The molecular weight excluding hydrogens is 346 g/mol. The molecule has 0 aliphatic carbocycles. The third kappa shape index (κ3) is 2.12. The van der Waals surface area contributed by atoms with E-state index in [1.165, 1.54) is 9.75 Å². The van der Waals surface area contributed by atoms with E-state index in [0.29, 0.717) is 0 Å². The van der Waals surface area contributed by atoms with Crippen LogP contribution in [0.25, 0.3) is 0 Å². The van der Waals surface area contributed by atoms with E-state index in [4.69, 9.17) is 5.73 Å². The number of thiophene rings is 2. The Hall–Kier alpha value is 0.320. The molecule has 0 fully saturated rings. The average molecular weight is 353 g/mol. The molecule has 14 heavy (non-hydrogen) atoms. The quantitative estimate of drug-likeness (QED) is 0.852. The highest BCUT2D eigenvalue weighted by atomic mass is 79.9. The van der Waals surface area contributed by atoms with Gasteiger partial charge in [0.05, 0.1) is 9.83 Å². The first-order valence-corrected chi connectivity index (χ1v) is 7.20. The second-order valence-corrected chi connectivity index (χ2v) is 7.00. The summed E-state index contributed by atoms with van der Waals surface area (Å²) in [6.07, 6.45) is 0. The van der Waals surface area contributed by atoms with Crippen molar-refractivity contribution in [1.29, 1.82) is 0 Å². The topological polar surface area (TPSA) is 26.0 Å². The first kappa shape index (κ1) is 10.8. The van der Waals surface area contributed by atoms with E-state index in [1.54, 1.807) is 22.7 Å². The van der Waals surface area contributed by atoms with E-state index in [0.717, 1.165) is 8.26 Å². The standard InChI is InChI=1S/C9H7Br2NS2/c10-5-4-7(14-9(5)11)8(12)6-2-1-3-13-6/h1-4,8H,12H2/t8-/m1/s1. The van der Waals surface area contributed by atoms with Gasteiger partial charge in [-0.1, -0.05) is 6.07 Å². The van der Waals surface area contributed by atoms with Gasteiger partial charge in [0.15, 0.2) is 0 Å². The van der Waals surface area contributed by atoms with Crippen molar-refractivity contribution in [2.24, 2.45) is 5.73 Å². The van der Waals surface area contributed by atoms with Gasteiger partial charge < -0.3 is 5.73 Å². The molecule has 0 amide bonds. The average Bonchev–Trinajstić information content (AvgIpc) is 2.76. The molecule has 0 bridgehead atoms. The predicted octanol–water partition coefficient (Wildman–Crippen LogP) is 4.38. The SMILES string of the molecule is N[C@H](c1cccs1)c1cc(Br)c(Br)s1. The third-order valence-electron chi connectivity index (χ3n) is 1.82.